The summed E-state index contributed by atoms with van der Waals surface area (Å²) in [6, 6.07) is 10.3. The molecular weight excluding hydrogens is 232 g/mol. The Hall–Kier alpha value is -1.23. The van der Waals surface area contributed by atoms with Gasteiger partial charge in [0.2, 0.25) is 0 Å². The van der Waals surface area contributed by atoms with Crippen LogP contribution in [-0.2, 0) is 13.0 Å². The molecule has 0 spiro atoms. The molecule has 0 bridgehead atoms. The van der Waals surface area contributed by atoms with Gasteiger partial charge >= 0.3 is 0 Å². The van der Waals surface area contributed by atoms with Crippen LogP contribution in [0.5, 0.6) is 0 Å². The van der Waals surface area contributed by atoms with Crippen LogP contribution in [0.4, 0.5) is 0 Å². The van der Waals surface area contributed by atoms with E-state index in [1.54, 1.807) is 11.3 Å². The smallest absolute Gasteiger partial charge is 0.0794 e. The second-order valence-electron chi connectivity index (χ2n) is 3.92. The highest BCUT2D eigenvalue weighted by molar-refractivity contribution is 7.09. The molecule has 0 amide bonds. The minimum Gasteiger partial charge on any atom is -0.395 e. The molecule has 2 aromatic rings. The molecule has 2 rings (SSSR count). The Bertz CT molecular complexity index is 416. The summed E-state index contributed by atoms with van der Waals surface area (Å²) in [7, 11) is 0. The number of thiazole rings is 1. The summed E-state index contributed by atoms with van der Waals surface area (Å²) in [6.07, 6.45) is 2.70. The molecule has 1 aromatic carbocycles. The number of nitrogens with one attached hydrogen (secondary N) is 1. The van der Waals surface area contributed by atoms with Crippen molar-refractivity contribution in [1.82, 2.24) is 10.3 Å². The number of aromatic nitrogens is 1. The Morgan fingerprint density at radius 3 is 2.76 bits per heavy atom. The number of aliphatic hydroxyl groups is 1. The molecule has 90 valence electrons. The second kappa shape index (κ2) is 6.49. The molecule has 0 aliphatic heterocycles. The Kier molecular flexibility index (Phi) is 4.67. The van der Waals surface area contributed by atoms with Gasteiger partial charge in [-0.1, -0.05) is 30.3 Å². The van der Waals surface area contributed by atoms with Crippen molar-refractivity contribution >= 4 is 11.3 Å². The van der Waals surface area contributed by atoms with Gasteiger partial charge in [-0.05, 0) is 12.0 Å². The zero-order chi connectivity index (χ0) is 11.9. The average Bonchev–Trinajstić information content (AvgIpc) is 2.89. The van der Waals surface area contributed by atoms with Gasteiger partial charge in [0.15, 0.2) is 0 Å². The molecule has 1 atom stereocenters. The van der Waals surface area contributed by atoms with Gasteiger partial charge in [-0.25, -0.2) is 0 Å². The van der Waals surface area contributed by atoms with Crippen molar-refractivity contribution in [3.05, 3.63) is 52.5 Å². The van der Waals surface area contributed by atoms with Crippen LogP contribution in [0.2, 0.25) is 0 Å². The number of rotatable bonds is 6. The topological polar surface area (TPSA) is 45.1 Å². The minimum absolute atomic E-state index is 0.0968. The molecule has 0 fully saturated rings. The van der Waals surface area contributed by atoms with E-state index in [2.05, 4.69) is 22.4 Å². The standard InChI is InChI=1S/C13H16N2OS/c16-9-12(6-11-4-2-1-3-5-11)15-8-13-7-14-10-17-13/h1-5,7,10,12,15-16H,6,8-9H2/t12-/m0/s1. The van der Waals surface area contributed by atoms with Crippen LogP contribution in [0.3, 0.4) is 0 Å². The Morgan fingerprint density at radius 2 is 2.12 bits per heavy atom. The third-order valence-corrected chi connectivity index (χ3v) is 3.37. The lowest BCUT2D eigenvalue weighted by Crippen LogP contribution is -2.33. The molecular formula is C13H16N2OS. The van der Waals surface area contributed by atoms with E-state index >= 15 is 0 Å². The molecule has 1 heterocycles. The first-order chi connectivity index (χ1) is 8.38. The van der Waals surface area contributed by atoms with Crippen LogP contribution in [0.25, 0.3) is 0 Å². The SMILES string of the molecule is OC[C@H](Cc1ccccc1)NCc1cncs1. The zero-order valence-corrected chi connectivity index (χ0v) is 10.4. The average molecular weight is 248 g/mol. The van der Waals surface area contributed by atoms with E-state index in [9.17, 15) is 5.11 Å². The first kappa shape index (κ1) is 12.2. The normalized spacial score (nSPS) is 12.5. The molecule has 0 aliphatic rings. The molecule has 0 unspecified atom stereocenters. The van der Waals surface area contributed by atoms with E-state index in [0.717, 1.165) is 13.0 Å². The molecule has 0 saturated carbocycles. The summed E-state index contributed by atoms with van der Waals surface area (Å²) in [5, 5.41) is 12.7. The number of hydrogen-bond donors (Lipinski definition) is 2. The first-order valence-electron chi connectivity index (χ1n) is 5.64. The summed E-state index contributed by atoms with van der Waals surface area (Å²) in [4.78, 5) is 5.22. The molecule has 17 heavy (non-hydrogen) atoms. The fraction of sp³-hybridized carbons (Fsp3) is 0.308. The summed E-state index contributed by atoms with van der Waals surface area (Å²) in [5.41, 5.74) is 3.06. The molecule has 3 nitrogen and oxygen atoms in total. The van der Waals surface area contributed by atoms with E-state index in [-0.39, 0.29) is 12.6 Å². The van der Waals surface area contributed by atoms with Crippen LogP contribution in [0.1, 0.15) is 10.4 Å². The molecule has 2 N–H and O–H groups in total. The van der Waals surface area contributed by atoms with E-state index in [1.807, 2.05) is 29.9 Å². The van der Waals surface area contributed by atoms with E-state index in [4.69, 9.17) is 0 Å². The maximum atomic E-state index is 9.34. The van der Waals surface area contributed by atoms with Gasteiger partial charge in [0, 0.05) is 23.7 Å². The van der Waals surface area contributed by atoms with Gasteiger partial charge < -0.3 is 10.4 Å². The maximum absolute atomic E-state index is 9.34. The second-order valence-corrected chi connectivity index (χ2v) is 4.89. The van der Waals surface area contributed by atoms with Gasteiger partial charge in [0.1, 0.15) is 0 Å². The van der Waals surface area contributed by atoms with Crippen LogP contribution in [-0.4, -0.2) is 22.7 Å². The van der Waals surface area contributed by atoms with Crippen molar-refractivity contribution < 1.29 is 5.11 Å². The van der Waals surface area contributed by atoms with Crippen molar-refractivity contribution in [2.45, 2.75) is 19.0 Å². The van der Waals surface area contributed by atoms with Crippen molar-refractivity contribution in [2.75, 3.05) is 6.61 Å². The van der Waals surface area contributed by atoms with Crippen molar-refractivity contribution in [3.8, 4) is 0 Å². The number of nitrogens with zero attached hydrogens (tertiary/aromatic N) is 1. The molecule has 1 aromatic heterocycles. The van der Waals surface area contributed by atoms with Crippen molar-refractivity contribution in [1.29, 1.82) is 0 Å². The Balaban J connectivity index is 1.85. The molecule has 0 aliphatic carbocycles. The summed E-state index contributed by atoms with van der Waals surface area (Å²) < 4.78 is 0. The summed E-state index contributed by atoms with van der Waals surface area (Å²) in [6.45, 7) is 0.913. The highest BCUT2D eigenvalue weighted by Gasteiger charge is 2.08. The van der Waals surface area contributed by atoms with E-state index in [1.165, 1.54) is 10.4 Å². The summed E-state index contributed by atoms with van der Waals surface area (Å²) >= 11 is 1.63. The van der Waals surface area contributed by atoms with Gasteiger partial charge in [-0.2, -0.15) is 0 Å². The third kappa shape index (κ3) is 3.93. The Labute approximate surface area is 105 Å². The third-order valence-electron chi connectivity index (χ3n) is 2.59. The quantitative estimate of drug-likeness (QED) is 0.820. The predicted octanol–water partition coefficient (Wildman–Crippen LogP) is 1.84. The lowest BCUT2D eigenvalue weighted by Gasteiger charge is -2.15. The van der Waals surface area contributed by atoms with Crippen LogP contribution < -0.4 is 5.32 Å². The van der Waals surface area contributed by atoms with Gasteiger partial charge in [-0.15, -0.1) is 11.3 Å². The Morgan fingerprint density at radius 1 is 1.29 bits per heavy atom. The van der Waals surface area contributed by atoms with Crippen LogP contribution >= 0.6 is 11.3 Å². The fourth-order valence-electron chi connectivity index (χ4n) is 1.67. The largest absolute Gasteiger partial charge is 0.395 e. The predicted molar refractivity (Wildman–Crippen MR) is 70.0 cm³/mol. The van der Waals surface area contributed by atoms with Gasteiger partial charge in [0.25, 0.3) is 0 Å². The highest BCUT2D eigenvalue weighted by Crippen LogP contribution is 2.07. The van der Waals surface area contributed by atoms with E-state index < -0.39 is 0 Å². The number of hydrogen-bond acceptors (Lipinski definition) is 4. The van der Waals surface area contributed by atoms with Crippen LogP contribution in [0.15, 0.2) is 42.0 Å². The van der Waals surface area contributed by atoms with Gasteiger partial charge in [-0.3, -0.25) is 4.98 Å². The van der Waals surface area contributed by atoms with Crippen LogP contribution in [0, 0.1) is 0 Å². The highest BCUT2D eigenvalue weighted by atomic mass is 32.1. The first-order valence-corrected chi connectivity index (χ1v) is 6.52. The lowest BCUT2D eigenvalue weighted by molar-refractivity contribution is 0.241. The maximum Gasteiger partial charge on any atom is 0.0794 e. The zero-order valence-electron chi connectivity index (χ0n) is 9.54. The van der Waals surface area contributed by atoms with Crippen molar-refractivity contribution in [3.63, 3.8) is 0 Å². The fourth-order valence-corrected chi connectivity index (χ4v) is 2.22. The number of aliphatic hydroxyl groups excluding tert-OH is 1. The minimum atomic E-state index is 0.0968. The monoisotopic (exact) mass is 248 g/mol. The van der Waals surface area contributed by atoms with E-state index in [0.29, 0.717) is 0 Å². The number of benzene rings is 1. The lowest BCUT2D eigenvalue weighted by atomic mass is 10.1. The van der Waals surface area contributed by atoms with Crippen molar-refractivity contribution in [2.24, 2.45) is 0 Å². The summed E-state index contributed by atoms with van der Waals surface area (Å²) in [5.74, 6) is 0. The van der Waals surface area contributed by atoms with Gasteiger partial charge in [0.05, 0.1) is 12.1 Å². The molecule has 0 radical (unpaired) electrons. The molecule has 4 heteroatoms. The molecule has 0 saturated heterocycles.